The highest BCUT2D eigenvalue weighted by atomic mass is 16.3. The van der Waals surface area contributed by atoms with Crippen molar-refractivity contribution in [2.45, 2.75) is 25.9 Å². The van der Waals surface area contributed by atoms with Crippen molar-refractivity contribution in [3.63, 3.8) is 0 Å². The maximum Gasteiger partial charge on any atom is 0.0806 e. The van der Waals surface area contributed by atoms with Crippen LogP contribution in [-0.2, 0) is 6.54 Å². The van der Waals surface area contributed by atoms with Gasteiger partial charge in [0.15, 0.2) is 0 Å². The molecule has 0 spiro atoms. The molecule has 1 aromatic carbocycles. The van der Waals surface area contributed by atoms with E-state index in [0.29, 0.717) is 6.54 Å². The Bertz CT molecular complexity index is 349. The second kappa shape index (κ2) is 5.30. The van der Waals surface area contributed by atoms with Crippen molar-refractivity contribution in [3.8, 4) is 0 Å². The molecule has 90 valence electrons. The summed E-state index contributed by atoms with van der Waals surface area (Å²) in [5, 5.41) is 21.7. The zero-order valence-electron chi connectivity index (χ0n) is 9.83. The molecule has 0 aromatic heterocycles. The van der Waals surface area contributed by atoms with Gasteiger partial charge in [0.2, 0.25) is 0 Å². The second-order valence-corrected chi connectivity index (χ2v) is 4.32. The van der Waals surface area contributed by atoms with Gasteiger partial charge < -0.3 is 21.3 Å². The van der Waals surface area contributed by atoms with Crippen molar-refractivity contribution < 1.29 is 10.2 Å². The highest BCUT2D eigenvalue weighted by Crippen LogP contribution is 2.23. The van der Waals surface area contributed by atoms with E-state index in [0.717, 1.165) is 16.8 Å². The third-order valence-electron chi connectivity index (χ3n) is 2.70. The summed E-state index contributed by atoms with van der Waals surface area (Å²) in [5.41, 5.74) is 7.86. The Morgan fingerprint density at radius 1 is 1.31 bits per heavy atom. The van der Waals surface area contributed by atoms with E-state index in [2.05, 4.69) is 5.32 Å². The van der Waals surface area contributed by atoms with E-state index in [9.17, 15) is 10.2 Å². The fourth-order valence-corrected chi connectivity index (χ4v) is 1.51. The molecule has 0 aliphatic carbocycles. The van der Waals surface area contributed by atoms with Gasteiger partial charge in [-0.05, 0) is 25.0 Å². The summed E-state index contributed by atoms with van der Waals surface area (Å²) in [6.07, 6.45) is 0. The lowest BCUT2D eigenvalue weighted by Crippen LogP contribution is -2.43. The fraction of sp³-hybridized carbons (Fsp3) is 0.500. The predicted octanol–water partition coefficient (Wildman–Crippen LogP) is 0.609. The predicted molar refractivity (Wildman–Crippen MR) is 65.3 cm³/mol. The normalized spacial score (nSPS) is 11.6. The highest BCUT2D eigenvalue weighted by Gasteiger charge is 2.23. The number of hydrogen-bond donors (Lipinski definition) is 4. The lowest BCUT2D eigenvalue weighted by Gasteiger charge is -2.29. The molecule has 0 unspecified atom stereocenters. The summed E-state index contributed by atoms with van der Waals surface area (Å²) in [7, 11) is 0. The minimum absolute atomic E-state index is 0.137. The summed E-state index contributed by atoms with van der Waals surface area (Å²) in [4.78, 5) is 0. The van der Waals surface area contributed by atoms with Crippen LogP contribution < -0.4 is 11.1 Å². The molecule has 1 aromatic rings. The van der Waals surface area contributed by atoms with Crippen molar-refractivity contribution in [3.05, 3.63) is 29.3 Å². The van der Waals surface area contributed by atoms with Crippen LogP contribution in [0.15, 0.2) is 18.2 Å². The van der Waals surface area contributed by atoms with Crippen LogP contribution in [0.4, 0.5) is 5.69 Å². The standard InChI is InChI=1S/C12H20N2O2/c1-9-4-3-5-10(6-13)11(9)14-12(2,7-15)8-16/h3-5,14-16H,6-8,13H2,1-2H3. The van der Waals surface area contributed by atoms with Gasteiger partial charge in [-0.2, -0.15) is 0 Å². The summed E-state index contributed by atoms with van der Waals surface area (Å²) in [5.74, 6) is 0. The first kappa shape index (κ1) is 13.0. The first-order valence-electron chi connectivity index (χ1n) is 5.35. The Morgan fingerprint density at radius 2 is 1.94 bits per heavy atom. The molecule has 0 aliphatic rings. The molecule has 4 heteroatoms. The van der Waals surface area contributed by atoms with Gasteiger partial charge in [-0.25, -0.2) is 0 Å². The van der Waals surface area contributed by atoms with E-state index in [-0.39, 0.29) is 13.2 Å². The van der Waals surface area contributed by atoms with Gasteiger partial charge in [-0.15, -0.1) is 0 Å². The smallest absolute Gasteiger partial charge is 0.0806 e. The van der Waals surface area contributed by atoms with E-state index in [4.69, 9.17) is 5.73 Å². The van der Waals surface area contributed by atoms with Crippen molar-refractivity contribution in [2.24, 2.45) is 5.73 Å². The molecule has 0 atom stereocenters. The van der Waals surface area contributed by atoms with Crippen molar-refractivity contribution >= 4 is 5.69 Å². The van der Waals surface area contributed by atoms with Gasteiger partial charge in [0.25, 0.3) is 0 Å². The van der Waals surface area contributed by atoms with Crippen LogP contribution in [-0.4, -0.2) is 29.0 Å². The number of aliphatic hydroxyl groups is 2. The molecule has 0 heterocycles. The molecule has 0 aliphatic heterocycles. The zero-order valence-corrected chi connectivity index (χ0v) is 9.83. The zero-order chi connectivity index (χ0) is 12.2. The number of nitrogens with two attached hydrogens (primary N) is 1. The number of hydrogen-bond acceptors (Lipinski definition) is 4. The van der Waals surface area contributed by atoms with Crippen LogP contribution in [0.2, 0.25) is 0 Å². The average molecular weight is 224 g/mol. The molecule has 0 bridgehead atoms. The van der Waals surface area contributed by atoms with Gasteiger partial charge in [-0.1, -0.05) is 18.2 Å². The van der Waals surface area contributed by atoms with Crippen molar-refractivity contribution in [1.82, 2.24) is 0 Å². The molecule has 4 nitrogen and oxygen atoms in total. The van der Waals surface area contributed by atoms with Gasteiger partial charge >= 0.3 is 0 Å². The Labute approximate surface area is 96.1 Å². The maximum absolute atomic E-state index is 9.25. The molecular formula is C12H20N2O2. The number of aryl methyl sites for hydroxylation is 1. The summed E-state index contributed by atoms with van der Waals surface area (Å²) < 4.78 is 0. The number of aliphatic hydroxyl groups excluding tert-OH is 2. The van der Waals surface area contributed by atoms with Crippen LogP contribution in [0.1, 0.15) is 18.1 Å². The monoisotopic (exact) mass is 224 g/mol. The molecular weight excluding hydrogens is 204 g/mol. The highest BCUT2D eigenvalue weighted by molar-refractivity contribution is 5.58. The van der Waals surface area contributed by atoms with E-state index < -0.39 is 5.54 Å². The third kappa shape index (κ3) is 2.72. The number of benzene rings is 1. The Hall–Kier alpha value is -1.10. The molecule has 0 amide bonds. The van der Waals surface area contributed by atoms with E-state index in [1.807, 2.05) is 25.1 Å². The SMILES string of the molecule is Cc1cccc(CN)c1NC(C)(CO)CO. The Kier molecular flexibility index (Phi) is 4.29. The van der Waals surface area contributed by atoms with Crippen molar-refractivity contribution in [1.29, 1.82) is 0 Å². The van der Waals surface area contributed by atoms with Crippen LogP contribution in [0.5, 0.6) is 0 Å². The van der Waals surface area contributed by atoms with Crippen LogP contribution in [0, 0.1) is 6.92 Å². The second-order valence-electron chi connectivity index (χ2n) is 4.32. The molecule has 0 saturated heterocycles. The largest absolute Gasteiger partial charge is 0.394 e. The van der Waals surface area contributed by atoms with Gasteiger partial charge in [0.1, 0.15) is 0 Å². The topological polar surface area (TPSA) is 78.5 Å². The molecule has 5 N–H and O–H groups in total. The Balaban J connectivity index is 3.04. The van der Waals surface area contributed by atoms with Gasteiger partial charge in [-0.3, -0.25) is 0 Å². The van der Waals surface area contributed by atoms with Crippen LogP contribution >= 0.6 is 0 Å². The lowest BCUT2D eigenvalue weighted by molar-refractivity contribution is 0.147. The quantitative estimate of drug-likeness (QED) is 0.591. The number of nitrogens with one attached hydrogen (secondary N) is 1. The number of anilines is 1. The molecule has 0 saturated carbocycles. The van der Waals surface area contributed by atoms with Crippen molar-refractivity contribution in [2.75, 3.05) is 18.5 Å². The van der Waals surface area contributed by atoms with Gasteiger partial charge in [0, 0.05) is 12.2 Å². The average Bonchev–Trinajstić information content (AvgIpc) is 2.31. The van der Waals surface area contributed by atoms with Crippen LogP contribution in [0.3, 0.4) is 0 Å². The molecule has 1 rings (SSSR count). The summed E-state index contributed by atoms with van der Waals surface area (Å²) in [6.45, 7) is 3.89. The first-order chi connectivity index (χ1) is 7.56. The minimum atomic E-state index is -0.726. The third-order valence-corrected chi connectivity index (χ3v) is 2.70. The van der Waals surface area contributed by atoms with Crippen LogP contribution in [0.25, 0.3) is 0 Å². The fourth-order valence-electron chi connectivity index (χ4n) is 1.51. The van der Waals surface area contributed by atoms with E-state index in [1.165, 1.54) is 0 Å². The molecule has 0 radical (unpaired) electrons. The first-order valence-corrected chi connectivity index (χ1v) is 5.35. The number of rotatable bonds is 5. The molecule has 16 heavy (non-hydrogen) atoms. The number of para-hydroxylation sites is 1. The molecule has 0 fully saturated rings. The van der Waals surface area contributed by atoms with E-state index >= 15 is 0 Å². The summed E-state index contributed by atoms with van der Waals surface area (Å²) >= 11 is 0. The Morgan fingerprint density at radius 3 is 2.44 bits per heavy atom. The minimum Gasteiger partial charge on any atom is -0.394 e. The van der Waals surface area contributed by atoms with Gasteiger partial charge in [0.05, 0.1) is 18.8 Å². The van der Waals surface area contributed by atoms with E-state index in [1.54, 1.807) is 6.92 Å². The lowest BCUT2D eigenvalue weighted by atomic mass is 10.0. The summed E-state index contributed by atoms with van der Waals surface area (Å²) in [6, 6.07) is 5.85. The maximum atomic E-state index is 9.25.